The third kappa shape index (κ3) is 4.95. The van der Waals surface area contributed by atoms with E-state index in [2.05, 4.69) is 21.2 Å². The maximum absolute atomic E-state index is 12.4. The van der Waals surface area contributed by atoms with Gasteiger partial charge in [0.1, 0.15) is 0 Å². The molecule has 23 heavy (non-hydrogen) atoms. The van der Waals surface area contributed by atoms with Gasteiger partial charge in [-0.2, -0.15) is 0 Å². The van der Waals surface area contributed by atoms with E-state index in [0.717, 1.165) is 4.47 Å². The molecule has 2 rings (SSSR count). The Labute approximate surface area is 142 Å². The highest BCUT2D eigenvalue weighted by Gasteiger charge is 2.24. The van der Waals surface area contributed by atoms with Crippen molar-refractivity contribution in [1.82, 2.24) is 15.1 Å². The number of hydrogen-bond donors (Lipinski definition) is 2. The number of nitrogens with one attached hydrogen (secondary N) is 1. The van der Waals surface area contributed by atoms with Crippen molar-refractivity contribution in [2.24, 2.45) is 0 Å². The van der Waals surface area contributed by atoms with Crippen LogP contribution in [0.1, 0.15) is 16.8 Å². The van der Waals surface area contributed by atoms with Gasteiger partial charge >= 0.3 is 12.0 Å². The van der Waals surface area contributed by atoms with Crippen molar-refractivity contribution in [3.8, 4) is 0 Å². The molecule has 0 bridgehead atoms. The van der Waals surface area contributed by atoms with Crippen LogP contribution in [0.3, 0.4) is 0 Å². The molecule has 0 aliphatic carbocycles. The van der Waals surface area contributed by atoms with Crippen LogP contribution in [0.5, 0.6) is 0 Å². The maximum atomic E-state index is 12.4. The number of aliphatic carboxylic acids is 1. The molecule has 124 valence electrons. The van der Waals surface area contributed by atoms with Gasteiger partial charge in [-0.3, -0.25) is 9.59 Å². The first-order valence-electron chi connectivity index (χ1n) is 7.27. The molecule has 0 spiro atoms. The molecule has 1 aliphatic heterocycles. The fraction of sp³-hybridized carbons (Fsp3) is 0.400. The lowest BCUT2D eigenvalue weighted by Gasteiger charge is -2.34. The van der Waals surface area contributed by atoms with Gasteiger partial charge in [0.05, 0.1) is 6.42 Å². The van der Waals surface area contributed by atoms with Crippen LogP contribution in [0.4, 0.5) is 4.79 Å². The molecule has 0 unspecified atom stereocenters. The molecule has 0 saturated carbocycles. The zero-order chi connectivity index (χ0) is 16.8. The molecule has 2 N–H and O–H groups in total. The molecule has 1 aliphatic rings. The van der Waals surface area contributed by atoms with E-state index in [4.69, 9.17) is 5.11 Å². The van der Waals surface area contributed by atoms with Crippen LogP contribution in [0, 0.1) is 0 Å². The summed E-state index contributed by atoms with van der Waals surface area (Å²) in [6, 6.07) is 6.87. The van der Waals surface area contributed by atoms with Gasteiger partial charge in [0.2, 0.25) is 0 Å². The van der Waals surface area contributed by atoms with Gasteiger partial charge in [-0.1, -0.05) is 15.9 Å². The van der Waals surface area contributed by atoms with Crippen LogP contribution in [0.2, 0.25) is 0 Å². The second-order valence-electron chi connectivity index (χ2n) is 5.16. The van der Waals surface area contributed by atoms with E-state index in [1.54, 1.807) is 21.9 Å². The number of hydrogen-bond acceptors (Lipinski definition) is 3. The Kier molecular flexibility index (Phi) is 5.97. The Hall–Kier alpha value is -2.09. The lowest BCUT2D eigenvalue weighted by atomic mass is 10.2. The number of urea groups is 1. The normalized spacial score (nSPS) is 14.5. The standard InChI is InChI=1S/C15H18BrN3O4/c16-12-3-1-11(2-4-12)14(22)18-7-9-19(10-8-18)15(23)17-6-5-13(20)21/h1-4H,5-10H2,(H,17,23)(H,20,21). The van der Waals surface area contributed by atoms with E-state index < -0.39 is 5.97 Å². The molecule has 0 aromatic heterocycles. The van der Waals surface area contributed by atoms with Gasteiger partial charge in [-0.15, -0.1) is 0 Å². The quantitative estimate of drug-likeness (QED) is 0.821. The molecule has 8 heteroatoms. The predicted molar refractivity (Wildman–Crippen MR) is 87.3 cm³/mol. The van der Waals surface area contributed by atoms with E-state index in [1.165, 1.54) is 0 Å². The van der Waals surface area contributed by atoms with E-state index in [9.17, 15) is 14.4 Å². The third-order valence-electron chi connectivity index (χ3n) is 3.56. The summed E-state index contributed by atoms with van der Waals surface area (Å²) >= 11 is 3.33. The topological polar surface area (TPSA) is 89.9 Å². The van der Waals surface area contributed by atoms with Crippen molar-refractivity contribution >= 4 is 33.8 Å². The molecule has 1 saturated heterocycles. The first-order chi connectivity index (χ1) is 11.0. The number of carbonyl (C=O) groups excluding carboxylic acids is 2. The summed E-state index contributed by atoms with van der Waals surface area (Å²) in [5.74, 6) is -1.00. The summed E-state index contributed by atoms with van der Waals surface area (Å²) in [7, 11) is 0. The number of carboxylic acids is 1. The largest absolute Gasteiger partial charge is 0.481 e. The van der Waals surface area contributed by atoms with Crippen LogP contribution in [0.25, 0.3) is 0 Å². The average molecular weight is 384 g/mol. The molecule has 0 atom stereocenters. The summed E-state index contributed by atoms with van der Waals surface area (Å²) in [4.78, 5) is 38.0. The van der Waals surface area contributed by atoms with Crippen molar-refractivity contribution in [1.29, 1.82) is 0 Å². The average Bonchev–Trinajstić information content (AvgIpc) is 2.54. The lowest BCUT2D eigenvalue weighted by Crippen LogP contribution is -2.53. The minimum atomic E-state index is -0.949. The minimum absolute atomic E-state index is 0.0524. The SMILES string of the molecule is O=C(O)CCNC(=O)N1CCN(C(=O)c2ccc(Br)cc2)CC1. The van der Waals surface area contributed by atoms with Gasteiger partial charge < -0.3 is 20.2 Å². The van der Waals surface area contributed by atoms with Crippen LogP contribution in [0.15, 0.2) is 28.7 Å². The van der Waals surface area contributed by atoms with Crippen molar-refractivity contribution in [3.63, 3.8) is 0 Å². The first-order valence-corrected chi connectivity index (χ1v) is 8.06. The fourth-order valence-electron chi connectivity index (χ4n) is 2.28. The molecule has 3 amide bonds. The lowest BCUT2D eigenvalue weighted by molar-refractivity contribution is -0.136. The molecule has 1 aromatic carbocycles. The number of piperazine rings is 1. The Bertz CT molecular complexity index is 583. The van der Waals surface area contributed by atoms with E-state index in [0.29, 0.717) is 31.7 Å². The molecule has 1 heterocycles. The van der Waals surface area contributed by atoms with Gasteiger partial charge in [0.15, 0.2) is 0 Å². The monoisotopic (exact) mass is 383 g/mol. The summed E-state index contributed by atoms with van der Waals surface area (Å²) in [5, 5.41) is 11.1. The maximum Gasteiger partial charge on any atom is 0.317 e. The summed E-state index contributed by atoms with van der Waals surface area (Å²) in [5.41, 5.74) is 0.618. The van der Waals surface area contributed by atoms with Crippen molar-refractivity contribution in [3.05, 3.63) is 34.3 Å². The Morgan fingerprint density at radius 2 is 1.61 bits per heavy atom. The van der Waals surface area contributed by atoms with Crippen LogP contribution < -0.4 is 5.32 Å². The number of carboxylic acid groups (broad SMARTS) is 1. The van der Waals surface area contributed by atoms with Gasteiger partial charge in [-0.05, 0) is 24.3 Å². The number of benzene rings is 1. The molecule has 7 nitrogen and oxygen atoms in total. The fourth-order valence-corrected chi connectivity index (χ4v) is 2.54. The summed E-state index contributed by atoms with van der Waals surface area (Å²) in [6.07, 6.45) is -0.103. The number of amides is 3. The van der Waals surface area contributed by atoms with Gasteiger partial charge in [0.25, 0.3) is 5.91 Å². The zero-order valence-electron chi connectivity index (χ0n) is 12.5. The highest BCUT2D eigenvalue weighted by atomic mass is 79.9. The molecule has 1 fully saturated rings. The van der Waals surface area contributed by atoms with Gasteiger partial charge in [-0.25, -0.2) is 4.79 Å². The van der Waals surface area contributed by atoms with Crippen LogP contribution in [-0.2, 0) is 4.79 Å². The number of halogens is 1. The van der Waals surface area contributed by atoms with E-state index in [1.807, 2.05) is 12.1 Å². The summed E-state index contributed by atoms with van der Waals surface area (Å²) < 4.78 is 0.914. The number of carbonyl (C=O) groups is 3. The van der Waals surface area contributed by atoms with E-state index >= 15 is 0 Å². The summed E-state index contributed by atoms with van der Waals surface area (Å²) in [6.45, 7) is 1.89. The smallest absolute Gasteiger partial charge is 0.317 e. The number of rotatable bonds is 4. The molecule has 1 aromatic rings. The highest BCUT2D eigenvalue weighted by molar-refractivity contribution is 9.10. The van der Waals surface area contributed by atoms with Crippen molar-refractivity contribution in [2.75, 3.05) is 32.7 Å². The second kappa shape index (κ2) is 7.96. The Morgan fingerprint density at radius 1 is 1.04 bits per heavy atom. The molecular formula is C15H18BrN3O4. The third-order valence-corrected chi connectivity index (χ3v) is 4.09. The van der Waals surface area contributed by atoms with Crippen molar-refractivity contribution in [2.45, 2.75) is 6.42 Å². The zero-order valence-corrected chi connectivity index (χ0v) is 14.1. The van der Waals surface area contributed by atoms with Crippen molar-refractivity contribution < 1.29 is 19.5 Å². The predicted octanol–water partition coefficient (Wildman–Crippen LogP) is 1.39. The molecular weight excluding hydrogens is 366 g/mol. The molecule has 0 radical (unpaired) electrons. The first kappa shape index (κ1) is 17.3. The Balaban J connectivity index is 1.81. The highest BCUT2D eigenvalue weighted by Crippen LogP contribution is 2.13. The second-order valence-corrected chi connectivity index (χ2v) is 6.08. The Morgan fingerprint density at radius 3 is 2.17 bits per heavy atom. The van der Waals surface area contributed by atoms with Crippen LogP contribution in [-0.4, -0.2) is 65.5 Å². The minimum Gasteiger partial charge on any atom is -0.481 e. The van der Waals surface area contributed by atoms with Gasteiger partial charge in [0, 0.05) is 42.8 Å². The van der Waals surface area contributed by atoms with Crippen LogP contribution >= 0.6 is 15.9 Å². The number of nitrogens with zero attached hydrogens (tertiary/aromatic N) is 2. The van der Waals surface area contributed by atoms with E-state index in [-0.39, 0.29) is 24.9 Å².